The summed E-state index contributed by atoms with van der Waals surface area (Å²) >= 11 is 0. The molecule has 0 fully saturated rings. The van der Waals surface area contributed by atoms with E-state index in [0.29, 0.717) is 0 Å². The molecule has 0 rings (SSSR count). The predicted molar refractivity (Wildman–Crippen MR) is 58.1 cm³/mol. The number of rotatable bonds is 0. The van der Waals surface area contributed by atoms with Crippen LogP contribution >= 0.6 is 0 Å². The molecule has 0 aliphatic rings. The molecule has 3 radical (unpaired) electrons. The van der Waals surface area contributed by atoms with Crippen LogP contribution in [0, 0.1) is 11.8 Å². The van der Waals surface area contributed by atoms with E-state index in [4.69, 9.17) is 0 Å². The summed E-state index contributed by atoms with van der Waals surface area (Å²) in [7, 11) is 0. The SMILES string of the molecule is CC.CC(C)C.CC(C)C.[B]. The van der Waals surface area contributed by atoms with Crippen LogP contribution in [0.2, 0.25) is 0 Å². The molecule has 0 saturated carbocycles. The van der Waals surface area contributed by atoms with Gasteiger partial charge in [-0.15, -0.1) is 0 Å². The topological polar surface area (TPSA) is 0 Å². The lowest BCUT2D eigenvalue weighted by Gasteiger charge is -1.79. The Labute approximate surface area is 76.4 Å². The molecule has 0 aliphatic carbocycles. The molecule has 0 aromatic carbocycles. The molecular formula is C10H26B. The largest absolute Gasteiger partial charge is 0.0683 e. The van der Waals surface area contributed by atoms with E-state index in [9.17, 15) is 0 Å². The molecule has 0 spiro atoms. The first kappa shape index (κ1) is 22.5. The minimum absolute atomic E-state index is 0. The summed E-state index contributed by atoms with van der Waals surface area (Å²) < 4.78 is 0. The summed E-state index contributed by atoms with van der Waals surface area (Å²) in [5.41, 5.74) is 0. The van der Waals surface area contributed by atoms with Crippen LogP contribution in [0.5, 0.6) is 0 Å². The molecule has 0 aromatic heterocycles. The summed E-state index contributed by atoms with van der Waals surface area (Å²) in [6, 6.07) is 0. The maximum absolute atomic E-state index is 2.17. The highest BCUT2D eigenvalue weighted by molar-refractivity contribution is 5.75. The van der Waals surface area contributed by atoms with Crippen molar-refractivity contribution in [3.05, 3.63) is 0 Å². The molecule has 11 heavy (non-hydrogen) atoms. The van der Waals surface area contributed by atoms with Crippen molar-refractivity contribution in [1.29, 1.82) is 0 Å². The standard InChI is InChI=1S/2C4H10.C2H6.B/c2*1-4(2)3;1-2;/h2*4H,1-3H3;1-2H3;. The Morgan fingerprint density at radius 3 is 0.545 bits per heavy atom. The van der Waals surface area contributed by atoms with E-state index in [-0.39, 0.29) is 8.41 Å². The smallest absolute Gasteiger partial charge is 0 e. The fourth-order valence-corrected chi connectivity index (χ4v) is 0. The van der Waals surface area contributed by atoms with E-state index in [1.807, 2.05) is 13.8 Å². The van der Waals surface area contributed by atoms with Crippen molar-refractivity contribution in [3.63, 3.8) is 0 Å². The van der Waals surface area contributed by atoms with E-state index in [1.54, 1.807) is 0 Å². The second-order valence-corrected chi connectivity index (χ2v) is 3.46. The minimum atomic E-state index is 0. The first-order valence-electron chi connectivity index (χ1n) is 4.46. The second-order valence-electron chi connectivity index (χ2n) is 3.46. The first-order valence-corrected chi connectivity index (χ1v) is 4.46. The Kier molecular flexibility index (Phi) is 45.9. The van der Waals surface area contributed by atoms with E-state index in [0.717, 1.165) is 11.8 Å². The van der Waals surface area contributed by atoms with Gasteiger partial charge in [0.25, 0.3) is 0 Å². The van der Waals surface area contributed by atoms with Gasteiger partial charge in [-0.05, 0) is 11.8 Å². The van der Waals surface area contributed by atoms with Crippen LogP contribution in [-0.2, 0) is 0 Å². The molecule has 0 nitrogen and oxygen atoms in total. The number of hydrogen-bond acceptors (Lipinski definition) is 0. The van der Waals surface area contributed by atoms with Gasteiger partial charge in [0.05, 0.1) is 0 Å². The van der Waals surface area contributed by atoms with Crippen LogP contribution in [0.4, 0.5) is 0 Å². The van der Waals surface area contributed by atoms with Gasteiger partial charge in [-0.2, -0.15) is 0 Å². The molecule has 0 aromatic rings. The molecule has 0 saturated heterocycles. The van der Waals surface area contributed by atoms with Crippen LogP contribution < -0.4 is 0 Å². The third-order valence-corrected chi connectivity index (χ3v) is 0. The molecule has 0 heterocycles. The summed E-state index contributed by atoms with van der Waals surface area (Å²) in [5.74, 6) is 1.67. The quantitative estimate of drug-likeness (QED) is 0.466. The van der Waals surface area contributed by atoms with E-state index >= 15 is 0 Å². The maximum Gasteiger partial charge on any atom is 0 e. The maximum atomic E-state index is 2.17. The van der Waals surface area contributed by atoms with Crippen LogP contribution in [-0.4, -0.2) is 8.41 Å². The zero-order valence-electron chi connectivity index (χ0n) is 9.73. The normalized spacial score (nSPS) is 7.09. The summed E-state index contributed by atoms with van der Waals surface area (Å²) in [6.45, 7) is 17.0. The molecular weight excluding hydrogens is 131 g/mol. The van der Waals surface area contributed by atoms with Crippen molar-refractivity contribution >= 4 is 8.41 Å². The highest BCUT2D eigenvalue weighted by Crippen LogP contribution is 1.81. The highest BCUT2D eigenvalue weighted by Gasteiger charge is 1.68. The van der Waals surface area contributed by atoms with Gasteiger partial charge in [0.2, 0.25) is 0 Å². The van der Waals surface area contributed by atoms with E-state index in [2.05, 4.69) is 41.5 Å². The van der Waals surface area contributed by atoms with Gasteiger partial charge in [0, 0.05) is 8.41 Å². The van der Waals surface area contributed by atoms with Crippen LogP contribution in [0.1, 0.15) is 55.4 Å². The van der Waals surface area contributed by atoms with Crippen molar-refractivity contribution in [1.82, 2.24) is 0 Å². The van der Waals surface area contributed by atoms with Gasteiger partial charge in [-0.1, -0.05) is 55.4 Å². The van der Waals surface area contributed by atoms with Crippen LogP contribution in [0.15, 0.2) is 0 Å². The fourth-order valence-electron chi connectivity index (χ4n) is 0. The van der Waals surface area contributed by atoms with Gasteiger partial charge in [0.15, 0.2) is 0 Å². The lowest BCUT2D eigenvalue weighted by Crippen LogP contribution is -1.66. The van der Waals surface area contributed by atoms with Crippen molar-refractivity contribution in [2.24, 2.45) is 11.8 Å². The molecule has 0 amide bonds. The molecule has 0 unspecified atom stereocenters. The average Bonchev–Trinajstić information content (AvgIpc) is 1.66. The lowest BCUT2D eigenvalue weighted by atomic mass is 10.3. The second kappa shape index (κ2) is 22.5. The Morgan fingerprint density at radius 2 is 0.545 bits per heavy atom. The van der Waals surface area contributed by atoms with Crippen LogP contribution in [0.25, 0.3) is 0 Å². The van der Waals surface area contributed by atoms with Crippen molar-refractivity contribution in [2.45, 2.75) is 55.4 Å². The van der Waals surface area contributed by atoms with E-state index in [1.165, 1.54) is 0 Å². The zero-order chi connectivity index (χ0) is 9.15. The van der Waals surface area contributed by atoms with Gasteiger partial charge in [-0.3, -0.25) is 0 Å². The fraction of sp³-hybridized carbons (Fsp3) is 1.00. The minimum Gasteiger partial charge on any atom is -0.0683 e. The van der Waals surface area contributed by atoms with Crippen molar-refractivity contribution in [3.8, 4) is 0 Å². The molecule has 1 heteroatoms. The predicted octanol–water partition coefficient (Wildman–Crippen LogP) is 3.97. The Bertz CT molecular complexity index is 20.3. The summed E-state index contributed by atoms with van der Waals surface area (Å²) in [6.07, 6.45) is 0. The van der Waals surface area contributed by atoms with E-state index < -0.39 is 0 Å². The molecule has 0 aliphatic heterocycles. The average molecular weight is 157 g/mol. The Hall–Kier alpha value is 0.0649. The molecule has 0 atom stereocenters. The third kappa shape index (κ3) is 155000. The Balaban J connectivity index is -0.0000000339. The number of hydrogen-bond donors (Lipinski definition) is 0. The lowest BCUT2D eigenvalue weighted by molar-refractivity contribution is 0.736. The highest BCUT2D eigenvalue weighted by atomic mass is 13.7. The van der Waals surface area contributed by atoms with Crippen molar-refractivity contribution < 1.29 is 0 Å². The molecule has 0 N–H and O–H groups in total. The molecule has 69 valence electrons. The van der Waals surface area contributed by atoms with Gasteiger partial charge >= 0.3 is 0 Å². The monoisotopic (exact) mass is 157 g/mol. The zero-order valence-corrected chi connectivity index (χ0v) is 9.73. The summed E-state index contributed by atoms with van der Waals surface area (Å²) in [5, 5.41) is 0. The van der Waals surface area contributed by atoms with Gasteiger partial charge < -0.3 is 0 Å². The van der Waals surface area contributed by atoms with Crippen LogP contribution in [0.3, 0.4) is 0 Å². The van der Waals surface area contributed by atoms with Gasteiger partial charge in [0.1, 0.15) is 0 Å². The summed E-state index contributed by atoms with van der Waals surface area (Å²) in [4.78, 5) is 0. The van der Waals surface area contributed by atoms with Crippen molar-refractivity contribution in [2.75, 3.05) is 0 Å². The third-order valence-electron chi connectivity index (χ3n) is 0. The Morgan fingerprint density at radius 1 is 0.545 bits per heavy atom. The molecule has 0 bridgehead atoms. The van der Waals surface area contributed by atoms with Gasteiger partial charge in [-0.25, -0.2) is 0 Å². The first-order chi connectivity index (χ1) is 4.46.